The van der Waals surface area contributed by atoms with E-state index in [4.69, 9.17) is 4.74 Å². The molecule has 0 aliphatic heterocycles. The van der Waals surface area contributed by atoms with E-state index in [9.17, 15) is 0 Å². The first kappa shape index (κ1) is 15.2. The zero-order valence-corrected chi connectivity index (χ0v) is 13.4. The molecule has 1 saturated carbocycles. The van der Waals surface area contributed by atoms with Gasteiger partial charge < -0.3 is 10.1 Å². The lowest BCUT2D eigenvalue weighted by molar-refractivity contribution is 0.217. The van der Waals surface area contributed by atoms with Crippen LogP contribution in [0, 0.1) is 11.8 Å². The molecule has 2 heteroatoms. The van der Waals surface area contributed by atoms with E-state index >= 15 is 0 Å². The highest BCUT2D eigenvalue weighted by Crippen LogP contribution is 2.32. The first-order chi connectivity index (χ1) is 9.60. The topological polar surface area (TPSA) is 21.3 Å². The molecule has 4 atom stereocenters. The van der Waals surface area contributed by atoms with Crippen molar-refractivity contribution in [1.82, 2.24) is 0 Å². The predicted octanol–water partition coefficient (Wildman–Crippen LogP) is 5.10. The van der Waals surface area contributed by atoms with Crippen molar-refractivity contribution in [2.24, 2.45) is 11.8 Å². The Morgan fingerprint density at radius 3 is 2.85 bits per heavy atom. The Bertz CT molecular complexity index is 418. The predicted molar refractivity (Wildman–Crippen MR) is 86.4 cm³/mol. The Labute approximate surface area is 123 Å². The molecule has 0 saturated heterocycles. The van der Waals surface area contributed by atoms with E-state index < -0.39 is 0 Å². The van der Waals surface area contributed by atoms with Crippen molar-refractivity contribution in [2.45, 2.75) is 65.5 Å². The van der Waals surface area contributed by atoms with Crippen molar-refractivity contribution in [2.75, 3.05) is 5.32 Å². The van der Waals surface area contributed by atoms with E-state index in [2.05, 4.69) is 51.2 Å². The molecule has 0 radical (unpaired) electrons. The standard InChI is InChI=1S/C18H29NO/c1-5-14(3)20-17-10-7-9-16(12-17)19-18-11-6-8-13(2)15(18)4/h7,9-10,12-15,18-19H,5-6,8,11H2,1-4H3. The number of hydrogen-bond acceptors (Lipinski definition) is 2. The maximum absolute atomic E-state index is 5.90. The molecule has 1 aliphatic rings. The summed E-state index contributed by atoms with van der Waals surface area (Å²) in [4.78, 5) is 0. The Hall–Kier alpha value is -1.18. The maximum atomic E-state index is 5.90. The van der Waals surface area contributed by atoms with Crippen LogP contribution in [-0.2, 0) is 0 Å². The number of rotatable bonds is 5. The maximum Gasteiger partial charge on any atom is 0.121 e. The number of benzene rings is 1. The summed E-state index contributed by atoms with van der Waals surface area (Å²) in [5, 5.41) is 3.71. The van der Waals surface area contributed by atoms with E-state index in [-0.39, 0.29) is 6.10 Å². The molecule has 1 fully saturated rings. The first-order valence-electron chi connectivity index (χ1n) is 8.13. The second-order valence-corrected chi connectivity index (χ2v) is 6.38. The van der Waals surface area contributed by atoms with E-state index in [1.165, 1.54) is 24.9 Å². The van der Waals surface area contributed by atoms with Crippen molar-refractivity contribution in [1.29, 1.82) is 0 Å². The fourth-order valence-electron chi connectivity index (χ4n) is 2.97. The van der Waals surface area contributed by atoms with E-state index in [1.807, 2.05) is 6.07 Å². The molecule has 2 nitrogen and oxygen atoms in total. The van der Waals surface area contributed by atoms with Gasteiger partial charge in [-0.1, -0.05) is 39.7 Å². The van der Waals surface area contributed by atoms with Crippen molar-refractivity contribution in [3.05, 3.63) is 24.3 Å². The zero-order chi connectivity index (χ0) is 14.5. The Kier molecular flexibility index (Phi) is 5.33. The van der Waals surface area contributed by atoms with Crippen LogP contribution in [0.2, 0.25) is 0 Å². The van der Waals surface area contributed by atoms with Gasteiger partial charge in [-0.25, -0.2) is 0 Å². The van der Waals surface area contributed by atoms with E-state index in [0.29, 0.717) is 6.04 Å². The minimum atomic E-state index is 0.277. The van der Waals surface area contributed by atoms with Crippen LogP contribution in [0.4, 0.5) is 5.69 Å². The number of hydrogen-bond donors (Lipinski definition) is 1. The molecule has 1 aliphatic carbocycles. The van der Waals surface area contributed by atoms with Gasteiger partial charge in [0, 0.05) is 17.8 Å². The van der Waals surface area contributed by atoms with Gasteiger partial charge in [0.25, 0.3) is 0 Å². The molecule has 2 rings (SSSR count). The smallest absolute Gasteiger partial charge is 0.121 e. The lowest BCUT2D eigenvalue weighted by atomic mass is 9.78. The molecule has 4 unspecified atom stereocenters. The molecule has 20 heavy (non-hydrogen) atoms. The van der Waals surface area contributed by atoms with Crippen LogP contribution in [0.25, 0.3) is 0 Å². The lowest BCUT2D eigenvalue weighted by Crippen LogP contribution is -2.34. The van der Waals surface area contributed by atoms with Crippen LogP contribution in [0.5, 0.6) is 5.75 Å². The van der Waals surface area contributed by atoms with Gasteiger partial charge in [-0.05, 0) is 43.7 Å². The number of anilines is 1. The van der Waals surface area contributed by atoms with Gasteiger partial charge in [-0.15, -0.1) is 0 Å². The van der Waals surface area contributed by atoms with Crippen molar-refractivity contribution < 1.29 is 4.74 Å². The minimum Gasteiger partial charge on any atom is -0.491 e. The summed E-state index contributed by atoms with van der Waals surface area (Å²) >= 11 is 0. The molecule has 1 aromatic carbocycles. The highest BCUT2D eigenvalue weighted by Gasteiger charge is 2.26. The van der Waals surface area contributed by atoms with Crippen molar-refractivity contribution >= 4 is 5.69 Å². The van der Waals surface area contributed by atoms with E-state index in [1.54, 1.807) is 0 Å². The van der Waals surface area contributed by atoms with Crippen LogP contribution >= 0.6 is 0 Å². The molecule has 0 bridgehead atoms. The molecular formula is C18H29NO. The van der Waals surface area contributed by atoms with Gasteiger partial charge in [0.15, 0.2) is 0 Å². The summed E-state index contributed by atoms with van der Waals surface area (Å²) in [6.07, 6.45) is 5.30. The van der Waals surface area contributed by atoms with Gasteiger partial charge in [0.2, 0.25) is 0 Å². The average molecular weight is 275 g/mol. The molecule has 0 spiro atoms. The minimum absolute atomic E-state index is 0.277. The molecule has 112 valence electrons. The molecular weight excluding hydrogens is 246 g/mol. The third-order valence-corrected chi connectivity index (χ3v) is 4.81. The van der Waals surface area contributed by atoms with Crippen LogP contribution in [0.3, 0.4) is 0 Å². The lowest BCUT2D eigenvalue weighted by Gasteiger charge is -2.35. The third-order valence-electron chi connectivity index (χ3n) is 4.81. The molecule has 0 aromatic heterocycles. The van der Waals surface area contributed by atoms with Gasteiger partial charge in [0.05, 0.1) is 6.10 Å². The summed E-state index contributed by atoms with van der Waals surface area (Å²) in [6.45, 7) is 9.02. The molecule has 0 heterocycles. The second kappa shape index (κ2) is 7.01. The quantitative estimate of drug-likeness (QED) is 0.807. The number of ether oxygens (including phenoxy) is 1. The van der Waals surface area contributed by atoms with Crippen LogP contribution in [0.1, 0.15) is 53.4 Å². The Morgan fingerprint density at radius 1 is 1.30 bits per heavy atom. The SMILES string of the molecule is CCC(C)Oc1cccc(NC2CCCC(C)C2C)c1. The summed E-state index contributed by atoms with van der Waals surface area (Å²) < 4.78 is 5.90. The first-order valence-corrected chi connectivity index (χ1v) is 8.13. The van der Waals surface area contributed by atoms with Crippen LogP contribution in [-0.4, -0.2) is 12.1 Å². The van der Waals surface area contributed by atoms with Crippen LogP contribution < -0.4 is 10.1 Å². The summed E-state index contributed by atoms with van der Waals surface area (Å²) in [5.74, 6) is 2.53. The van der Waals surface area contributed by atoms with Gasteiger partial charge >= 0.3 is 0 Å². The Morgan fingerprint density at radius 2 is 2.10 bits per heavy atom. The van der Waals surface area contributed by atoms with Crippen LogP contribution in [0.15, 0.2) is 24.3 Å². The fraction of sp³-hybridized carbons (Fsp3) is 0.667. The van der Waals surface area contributed by atoms with Crippen molar-refractivity contribution in [3.8, 4) is 5.75 Å². The van der Waals surface area contributed by atoms with Gasteiger partial charge in [-0.3, -0.25) is 0 Å². The summed E-state index contributed by atoms with van der Waals surface area (Å²) in [6, 6.07) is 9.01. The summed E-state index contributed by atoms with van der Waals surface area (Å²) in [5.41, 5.74) is 1.19. The second-order valence-electron chi connectivity index (χ2n) is 6.38. The zero-order valence-electron chi connectivity index (χ0n) is 13.4. The van der Waals surface area contributed by atoms with Gasteiger partial charge in [-0.2, -0.15) is 0 Å². The molecule has 1 N–H and O–H groups in total. The summed E-state index contributed by atoms with van der Waals surface area (Å²) in [7, 11) is 0. The van der Waals surface area contributed by atoms with E-state index in [0.717, 1.165) is 24.0 Å². The Balaban J connectivity index is 2.00. The van der Waals surface area contributed by atoms with Gasteiger partial charge in [0.1, 0.15) is 5.75 Å². The largest absolute Gasteiger partial charge is 0.491 e. The highest BCUT2D eigenvalue weighted by atomic mass is 16.5. The fourth-order valence-corrected chi connectivity index (χ4v) is 2.97. The number of nitrogens with one attached hydrogen (secondary N) is 1. The average Bonchev–Trinajstić information content (AvgIpc) is 2.44. The molecule has 0 amide bonds. The third kappa shape index (κ3) is 3.91. The highest BCUT2D eigenvalue weighted by molar-refractivity contribution is 5.49. The normalized spacial score (nSPS) is 27.9. The van der Waals surface area contributed by atoms with Crippen molar-refractivity contribution in [3.63, 3.8) is 0 Å². The monoisotopic (exact) mass is 275 g/mol. The molecule has 1 aromatic rings.